The molecule has 1 saturated heterocycles. The molecule has 0 radical (unpaired) electrons. The fourth-order valence-corrected chi connectivity index (χ4v) is 7.61. The van der Waals surface area contributed by atoms with Gasteiger partial charge < -0.3 is 4.90 Å². The number of nitrogens with one attached hydrogen (secondary N) is 1. The van der Waals surface area contributed by atoms with Gasteiger partial charge in [0.1, 0.15) is 11.6 Å². The summed E-state index contributed by atoms with van der Waals surface area (Å²) in [4.78, 5) is 25.4. The van der Waals surface area contributed by atoms with Crippen LogP contribution in [0.25, 0.3) is 0 Å². The Labute approximate surface area is 155 Å². The molecule has 0 atom stereocenters. The van der Waals surface area contributed by atoms with Crippen molar-refractivity contribution in [2.75, 3.05) is 23.5 Å². The Morgan fingerprint density at radius 1 is 1.16 bits per heavy atom. The van der Waals surface area contributed by atoms with E-state index in [1.165, 1.54) is 38.5 Å². The summed E-state index contributed by atoms with van der Waals surface area (Å²) in [5, 5.41) is 13.3. The summed E-state index contributed by atoms with van der Waals surface area (Å²) >= 11 is 3.09. The van der Waals surface area contributed by atoms with E-state index in [1.807, 2.05) is 0 Å². The Balaban J connectivity index is 1.28. The van der Waals surface area contributed by atoms with E-state index in [0.29, 0.717) is 16.8 Å². The summed E-state index contributed by atoms with van der Waals surface area (Å²) in [5.41, 5.74) is 0.219. The molecule has 1 aromatic heterocycles. The predicted molar refractivity (Wildman–Crippen MR) is 97.4 cm³/mol. The third kappa shape index (κ3) is 2.87. The molecule has 0 unspecified atom stereocenters. The van der Waals surface area contributed by atoms with Gasteiger partial charge in [0.05, 0.1) is 11.6 Å². The first-order valence-corrected chi connectivity index (χ1v) is 11.1. The van der Waals surface area contributed by atoms with E-state index in [9.17, 15) is 9.59 Å². The summed E-state index contributed by atoms with van der Waals surface area (Å²) in [6.07, 6.45) is 7.97. The van der Waals surface area contributed by atoms with Gasteiger partial charge >= 0.3 is 0 Å². The van der Waals surface area contributed by atoms with Crippen LogP contribution in [-0.2, 0) is 15.0 Å². The van der Waals surface area contributed by atoms with Gasteiger partial charge in [-0.05, 0) is 56.3 Å². The minimum atomic E-state index is -0.177. The third-order valence-corrected chi connectivity index (χ3v) is 8.35. The Hall–Kier alpha value is -1.15. The van der Waals surface area contributed by atoms with Crippen LogP contribution in [0.1, 0.15) is 43.5 Å². The lowest BCUT2D eigenvalue weighted by Gasteiger charge is -2.55. The number of amides is 2. The SMILES string of the molecule is O=C(CN1CSCC1=O)Nc1nnc(C23CC4CC(CC(C4)C2)C3)s1. The van der Waals surface area contributed by atoms with Crippen molar-refractivity contribution in [3.8, 4) is 0 Å². The molecule has 2 heterocycles. The van der Waals surface area contributed by atoms with Gasteiger partial charge in [-0.2, -0.15) is 0 Å². The Morgan fingerprint density at radius 2 is 1.84 bits per heavy atom. The van der Waals surface area contributed by atoms with Crippen LogP contribution >= 0.6 is 23.1 Å². The fraction of sp³-hybridized carbons (Fsp3) is 0.765. The van der Waals surface area contributed by atoms with E-state index in [0.717, 1.165) is 22.8 Å². The van der Waals surface area contributed by atoms with Gasteiger partial charge in [-0.3, -0.25) is 14.9 Å². The molecule has 5 aliphatic rings. The lowest BCUT2D eigenvalue weighted by Crippen LogP contribution is -2.48. The Kier molecular flexibility index (Phi) is 3.82. The van der Waals surface area contributed by atoms with Crippen molar-refractivity contribution in [1.29, 1.82) is 0 Å². The topological polar surface area (TPSA) is 75.2 Å². The molecule has 1 aliphatic heterocycles. The highest BCUT2D eigenvalue weighted by Crippen LogP contribution is 2.61. The van der Waals surface area contributed by atoms with Gasteiger partial charge in [0.2, 0.25) is 16.9 Å². The molecule has 4 aliphatic carbocycles. The van der Waals surface area contributed by atoms with Crippen molar-refractivity contribution in [1.82, 2.24) is 15.1 Å². The van der Waals surface area contributed by atoms with Crippen molar-refractivity contribution < 1.29 is 9.59 Å². The number of anilines is 1. The van der Waals surface area contributed by atoms with Gasteiger partial charge in [-0.15, -0.1) is 22.0 Å². The normalized spacial score (nSPS) is 36.2. The van der Waals surface area contributed by atoms with Gasteiger partial charge in [-0.1, -0.05) is 11.3 Å². The maximum atomic E-state index is 12.2. The fourth-order valence-electron chi connectivity index (χ4n) is 5.73. The standard InChI is InChI=1S/C17H22N4O2S2/c22-13(7-21-9-24-8-14(21)23)18-16-20-19-15(25-16)17-4-10-1-11(5-17)3-12(2-10)6-17/h10-12H,1-9H2,(H,18,20,22). The predicted octanol–water partition coefficient (Wildman–Crippen LogP) is 2.48. The zero-order valence-electron chi connectivity index (χ0n) is 14.1. The van der Waals surface area contributed by atoms with E-state index < -0.39 is 0 Å². The number of hydrogen-bond donors (Lipinski definition) is 1. The van der Waals surface area contributed by atoms with Crippen molar-refractivity contribution in [2.45, 2.75) is 43.9 Å². The van der Waals surface area contributed by atoms with Gasteiger partial charge in [0.15, 0.2) is 0 Å². The molecule has 6 rings (SSSR count). The molecular weight excluding hydrogens is 356 g/mol. The molecule has 134 valence electrons. The first kappa shape index (κ1) is 16.1. The molecule has 1 aromatic rings. The summed E-state index contributed by atoms with van der Waals surface area (Å²) in [6, 6.07) is 0. The highest BCUT2D eigenvalue weighted by atomic mass is 32.2. The van der Waals surface area contributed by atoms with E-state index >= 15 is 0 Å². The second-order valence-corrected chi connectivity index (χ2v) is 10.2. The number of nitrogens with zero attached hydrogens (tertiary/aromatic N) is 3. The summed E-state index contributed by atoms with van der Waals surface area (Å²) in [7, 11) is 0. The number of thioether (sulfide) groups is 1. The number of aromatic nitrogens is 2. The van der Waals surface area contributed by atoms with Crippen molar-refractivity contribution in [3.05, 3.63) is 5.01 Å². The average Bonchev–Trinajstić information content (AvgIpc) is 3.16. The molecule has 6 nitrogen and oxygen atoms in total. The minimum absolute atomic E-state index is 0.0340. The lowest BCUT2D eigenvalue weighted by molar-refractivity contribution is -0.130. The molecule has 5 fully saturated rings. The van der Waals surface area contributed by atoms with Crippen LogP contribution in [0.5, 0.6) is 0 Å². The van der Waals surface area contributed by atoms with Crippen LogP contribution in [0.4, 0.5) is 5.13 Å². The van der Waals surface area contributed by atoms with Crippen LogP contribution in [0, 0.1) is 17.8 Å². The molecule has 1 N–H and O–H groups in total. The monoisotopic (exact) mass is 378 g/mol. The van der Waals surface area contributed by atoms with Gasteiger partial charge in [0, 0.05) is 5.41 Å². The first-order chi connectivity index (χ1) is 12.1. The van der Waals surface area contributed by atoms with E-state index in [4.69, 9.17) is 0 Å². The summed E-state index contributed by atoms with van der Waals surface area (Å²) < 4.78 is 0. The highest BCUT2D eigenvalue weighted by molar-refractivity contribution is 8.00. The second kappa shape index (κ2) is 5.94. The first-order valence-electron chi connectivity index (χ1n) is 9.09. The average molecular weight is 379 g/mol. The van der Waals surface area contributed by atoms with Crippen molar-refractivity contribution >= 4 is 40.0 Å². The van der Waals surface area contributed by atoms with E-state index in [1.54, 1.807) is 28.0 Å². The second-order valence-electron chi connectivity index (χ2n) is 8.23. The van der Waals surface area contributed by atoms with Crippen LogP contribution in [-0.4, -0.2) is 45.1 Å². The van der Waals surface area contributed by atoms with Crippen molar-refractivity contribution in [3.63, 3.8) is 0 Å². The lowest BCUT2D eigenvalue weighted by atomic mass is 9.50. The number of carbonyl (C=O) groups is 2. The molecule has 4 bridgehead atoms. The third-order valence-electron chi connectivity index (χ3n) is 6.32. The van der Waals surface area contributed by atoms with E-state index in [-0.39, 0.29) is 23.8 Å². The van der Waals surface area contributed by atoms with Gasteiger partial charge in [0.25, 0.3) is 0 Å². The smallest absolute Gasteiger partial charge is 0.245 e. The maximum Gasteiger partial charge on any atom is 0.245 e. The molecular formula is C17H22N4O2S2. The maximum absolute atomic E-state index is 12.2. The number of hydrogen-bond acceptors (Lipinski definition) is 6. The molecule has 8 heteroatoms. The van der Waals surface area contributed by atoms with Crippen LogP contribution in [0.2, 0.25) is 0 Å². The molecule has 2 amide bonds. The summed E-state index contributed by atoms with van der Waals surface area (Å²) in [5.74, 6) is 3.53. The van der Waals surface area contributed by atoms with Gasteiger partial charge in [-0.25, -0.2) is 0 Å². The zero-order valence-corrected chi connectivity index (χ0v) is 15.7. The van der Waals surface area contributed by atoms with Crippen LogP contribution in [0.15, 0.2) is 0 Å². The quantitative estimate of drug-likeness (QED) is 0.871. The molecule has 0 spiro atoms. The summed E-state index contributed by atoms with van der Waals surface area (Å²) in [6.45, 7) is 0.109. The Morgan fingerprint density at radius 3 is 2.44 bits per heavy atom. The zero-order chi connectivity index (χ0) is 17.0. The minimum Gasteiger partial charge on any atom is -0.323 e. The van der Waals surface area contributed by atoms with Crippen LogP contribution in [0.3, 0.4) is 0 Å². The van der Waals surface area contributed by atoms with E-state index in [2.05, 4.69) is 15.5 Å². The number of rotatable bonds is 4. The van der Waals surface area contributed by atoms with Crippen molar-refractivity contribution in [2.24, 2.45) is 17.8 Å². The molecule has 4 saturated carbocycles. The number of carbonyl (C=O) groups excluding carboxylic acids is 2. The molecule has 0 aromatic carbocycles. The Bertz CT molecular complexity index is 684. The highest BCUT2D eigenvalue weighted by Gasteiger charge is 2.53. The van der Waals surface area contributed by atoms with Crippen LogP contribution < -0.4 is 5.32 Å². The molecule has 25 heavy (non-hydrogen) atoms. The largest absolute Gasteiger partial charge is 0.323 e.